The van der Waals surface area contributed by atoms with E-state index in [9.17, 15) is 4.79 Å². The van der Waals surface area contributed by atoms with Crippen LogP contribution in [0.3, 0.4) is 0 Å². The molecule has 4 aromatic rings. The van der Waals surface area contributed by atoms with E-state index >= 15 is 0 Å². The molecule has 0 unspecified atom stereocenters. The van der Waals surface area contributed by atoms with Crippen LogP contribution in [0.15, 0.2) is 79.4 Å². The maximum atomic E-state index is 13.2. The van der Waals surface area contributed by atoms with Crippen LogP contribution < -0.4 is 10.2 Å². The first-order chi connectivity index (χ1) is 16.3. The lowest BCUT2D eigenvalue weighted by Crippen LogP contribution is -2.35. The molecular formula is C26H26N4O2S. The van der Waals surface area contributed by atoms with Gasteiger partial charge in [0.25, 0.3) is 5.91 Å². The fourth-order valence-corrected chi connectivity index (χ4v) is 5.19. The number of ether oxygens (including phenoxy) is 1. The summed E-state index contributed by atoms with van der Waals surface area (Å²) in [6.07, 6.45) is 5.52. The van der Waals surface area contributed by atoms with Crippen LogP contribution in [0.4, 0.5) is 5.00 Å². The number of thiophene rings is 1. The van der Waals surface area contributed by atoms with Crippen molar-refractivity contribution >= 4 is 22.2 Å². The van der Waals surface area contributed by atoms with Gasteiger partial charge in [0.1, 0.15) is 0 Å². The molecule has 168 valence electrons. The van der Waals surface area contributed by atoms with Crippen molar-refractivity contribution in [3.63, 3.8) is 0 Å². The van der Waals surface area contributed by atoms with Gasteiger partial charge in [0.15, 0.2) is 0 Å². The lowest BCUT2D eigenvalue weighted by molar-refractivity contribution is 0.0955. The Labute approximate surface area is 197 Å². The number of carbonyl (C=O) groups is 1. The third kappa shape index (κ3) is 4.99. The second kappa shape index (κ2) is 10.0. The predicted molar refractivity (Wildman–Crippen MR) is 132 cm³/mol. The van der Waals surface area contributed by atoms with Crippen LogP contribution in [0.5, 0.6) is 0 Å². The van der Waals surface area contributed by atoms with Crippen LogP contribution in [0, 0.1) is 0 Å². The van der Waals surface area contributed by atoms with Crippen molar-refractivity contribution in [2.24, 2.45) is 0 Å². The number of anilines is 1. The monoisotopic (exact) mass is 458 g/mol. The van der Waals surface area contributed by atoms with E-state index in [-0.39, 0.29) is 5.91 Å². The zero-order valence-electron chi connectivity index (χ0n) is 18.3. The van der Waals surface area contributed by atoms with Gasteiger partial charge in [0.05, 0.1) is 29.4 Å². The van der Waals surface area contributed by atoms with E-state index in [2.05, 4.69) is 39.5 Å². The summed E-state index contributed by atoms with van der Waals surface area (Å²) in [5.41, 5.74) is 4.50. The lowest BCUT2D eigenvalue weighted by Gasteiger charge is -2.28. The van der Waals surface area contributed by atoms with Gasteiger partial charge in [0.2, 0.25) is 0 Å². The average molecular weight is 459 g/mol. The summed E-state index contributed by atoms with van der Waals surface area (Å²) < 4.78 is 7.56. The number of hydrogen-bond acceptors (Lipinski definition) is 5. The van der Waals surface area contributed by atoms with Crippen LogP contribution in [0.2, 0.25) is 0 Å². The molecule has 5 rings (SSSR count). The molecule has 6 nitrogen and oxygen atoms in total. The zero-order chi connectivity index (χ0) is 22.5. The van der Waals surface area contributed by atoms with Gasteiger partial charge in [0, 0.05) is 44.1 Å². The molecule has 0 aliphatic carbocycles. The Hall–Kier alpha value is -3.42. The first kappa shape index (κ1) is 21.4. The van der Waals surface area contributed by atoms with Crippen molar-refractivity contribution in [1.29, 1.82) is 0 Å². The Morgan fingerprint density at radius 1 is 1.03 bits per heavy atom. The number of carbonyl (C=O) groups excluding carboxylic acids is 1. The Kier molecular flexibility index (Phi) is 6.51. The highest BCUT2D eigenvalue weighted by atomic mass is 32.1. The topological polar surface area (TPSA) is 59.4 Å². The Morgan fingerprint density at radius 3 is 2.55 bits per heavy atom. The third-order valence-electron chi connectivity index (χ3n) is 5.79. The fraction of sp³-hybridized carbons (Fsp3) is 0.231. The highest BCUT2D eigenvalue weighted by Gasteiger charge is 2.22. The third-order valence-corrected chi connectivity index (χ3v) is 6.98. The first-order valence-corrected chi connectivity index (χ1v) is 11.9. The first-order valence-electron chi connectivity index (χ1n) is 11.1. The van der Waals surface area contributed by atoms with E-state index in [1.807, 2.05) is 47.2 Å². The van der Waals surface area contributed by atoms with Crippen molar-refractivity contribution in [1.82, 2.24) is 14.9 Å². The molecule has 2 aromatic heterocycles. The number of amides is 1. The molecule has 0 atom stereocenters. The molecule has 33 heavy (non-hydrogen) atoms. The quantitative estimate of drug-likeness (QED) is 0.445. The molecule has 1 aliphatic rings. The van der Waals surface area contributed by atoms with E-state index in [0.29, 0.717) is 19.8 Å². The number of hydrogen-bond donors (Lipinski definition) is 1. The van der Waals surface area contributed by atoms with E-state index in [4.69, 9.17) is 4.74 Å². The van der Waals surface area contributed by atoms with Gasteiger partial charge in [-0.15, -0.1) is 11.3 Å². The summed E-state index contributed by atoms with van der Waals surface area (Å²) in [4.78, 5) is 20.3. The molecule has 0 spiro atoms. The number of nitrogens with one attached hydrogen (secondary N) is 1. The molecule has 0 radical (unpaired) electrons. The maximum absolute atomic E-state index is 13.2. The highest BCUT2D eigenvalue weighted by Crippen LogP contribution is 2.39. The van der Waals surface area contributed by atoms with Crippen molar-refractivity contribution in [2.75, 3.05) is 31.2 Å². The van der Waals surface area contributed by atoms with Gasteiger partial charge in [-0.05, 0) is 22.8 Å². The number of rotatable bonds is 7. The summed E-state index contributed by atoms with van der Waals surface area (Å²) in [7, 11) is 0. The molecule has 0 saturated carbocycles. The summed E-state index contributed by atoms with van der Waals surface area (Å²) >= 11 is 1.56. The number of imidazole rings is 1. The Morgan fingerprint density at radius 2 is 1.79 bits per heavy atom. The molecule has 1 aliphatic heterocycles. The van der Waals surface area contributed by atoms with Gasteiger partial charge in [-0.1, -0.05) is 54.6 Å². The molecular weight excluding hydrogens is 432 g/mol. The SMILES string of the molecule is O=C(NCc1ccccc1Cn1ccnc1)c1cc(-c2ccccc2)c(N2CCOCC2)s1. The normalized spacial score (nSPS) is 13.8. The van der Waals surface area contributed by atoms with Gasteiger partial charge < -0.3 is 19.5 Å². The average Bonchev–Trinajstić information content (AvgIpc) is 3.55. The number of benzene rings is 2. The van der Waals surface area contributed by atoms with Crippen molar-refractivity contribution in [2.45, 2.75) is 13.1 Å². The van der Waals surface area contributed by atoms with Crippen molar-refractivity contribution in [3.8, 4) is 11.1 Å². The largest absolute Gasteiger partial charge is 0.378 e. The maximum Gasteiger partial charge on any atom is 0.261 e. The van der Waals surface area contributed by atoms with E-state index < -0.39 is 0 Å². The summed E-state index contributed by atoms with van der Waals surface area (Å²) in [6, 6.07) is 20.5. The van der Waals surface area contributed by atoms with Crippen LogP contribution in [0.25, 0.3) is 11.1 Å². The second-order valence-electron chi connectivity index (χ2n) is 7.98. The molecule has 3 heterocycles. The zero-order valence-corrected chi connectivity index (χ0v) is 19.1. The number of nitrogens with zero attached hydrogens (tertiary/aromatic N) is 3. The molecule has 2 aromatic carbocycles. The van der Waals surface area contributed by atoms with Gasteiger partial charge in [-0.2, -0.15) is 0 Å². The molecule has 7 heteroatoms. The van der Waals surface area contributed by atoms with E-state index in [0.717, 1.165) is 46.2 Å². The van der Waals surface area contributed by atoms with Crippen molar-refractivity contribution < 1.29 is 9.53 Å². The molecule has 1 N–H and O–H groups in total. The number of morpholine rings is 1. The van der Waals surface area contributed by atoms with E-state index in [1.165, 1.54) is 5.56 Å². The summed E-state index contributed by atoms with van der Waals surface area (Å²) in [5, 5.41) is 4.27. The molecule has 1 saturated heterocycles. The van der Waals surface area contributed by atoms with Crippen LogP contribution in [0.1, 0.15) is 20.8 Å². The molecule has 1 fully saturated rings. The van der Waals surface area contributed by atoms with Gasteiger partial charge >= 0.3 is 0 Å². The fourth-order valence-electron chi connectivity index (χ4n) is 4.04. The highest BCUT2D eigenvalue weighted by molar-refractivity contribution is 7.18. The minimum atomic E-state index is -0.0471. The van der Waals surface area contributed by atoms with Crippen LogP contribution in [-0.2, 0) is 17.8 Å². The lowest BCUT2D eigenvalue weighted by atomic mass is 10.1. The Balaban J connectivity index is 1.36. The minimum absolute atomic E-state index is 0.0471. The summed E-state index contributed by atoms with van der Waals surface area (Å²) in [5.74, 6) is -0.0471. The second-order valence-corrected chi connectivity index (χ2v) is 9.01. The smallest absolute Gasteiger partial charge is 0.261 e. The molecule has 1 amide bonds. The predicted octanol–water partition coefficient (Wildman–Crippen LogP) is 4.43. The van der Waals surface area contributed by atoms with E-state index in [1.54, 1.807) is 23.9 Å². The van der Waals surface area contributed by atoms with Gasteiger partial charge in [-0.3, -0.25) is 4.79 Å². The summed E-state index contributed by atoms with van der Waals surface area (Å²) in [6.45, 7) is 4.30. The standard InChI is InChI=1S/C26H26N4O2S/c31-25(28-17-21-8-4-5-9-22(21)18-29-11-10-27-19-29)24-16-23(20-6-2-1-3-7-20)26(33-24)30-12-14-32-15-13-30/h1-11,16,19H,12-15,17-18H2,(H,28,31). The van der Waals surface area contributed by atoms with Crippen LogP contribution >= 0.6 is 11.3 Å². The number of aromatic nitrogens is 2. The van der Waals surface area contributed by atoms with Crippen molar-refractivity contribution in [3.05, 3.63) is 95.4 Å². The Bertz CT molecular complexity index is 1200. The minimum Gasteiger partial charge on any atom is -0.378 e. The van der Waals surface area contributed by atoms with Gasteiger partial charge in [-0.25, -0.2) is 4.98 Å². The van der Waals surface area contributed by atoms with Crippen LogP contribution in [-0.4, -0.2) is 41.8 Å². The molecule has 0 bridgehead atoms.